The zero-order chi connectivity index (χ0) is 12.0. The fraction of sp³-hybridized carbons (Fsp3) is 0.455. The van der Waals surface area contributed by atoms with Crippen LogP contribution >= 0.6 is 0 Å². The zero-order valence-corrected chi connectivity index (χ0v) is 9.32. The third-order valence-corrected chi connectivity index (χ3v) is 2.28. The summed E-state index contributed by atoms with van der Waals surface area (Å²) in [6, 6.07) is 4.10. The van der Waals surface area contributed by atoms with Crippen molar-refractivity contribution in [3.63, 3.8) is 0 Å². The van der Waals surface area contributed by atoms with Crippen LogP contribution < -0.4 is 5.46 Å². The van der Waals surface area contributed by atoms with Gasteiger partial charge in [-0.3, -0.25) is 0 Å². The predicted molar refractivity (Wildman–Crippen MR) is 60.8 cm³/mol. The molecule has 0 aliphatic heterocycles. The Balaban J connectivity index is 2.54. The summed E-state index contributed by atoms with van der Waals surface area (Å²) in [7, 11) is -1.63. The highest BCUT2D eigenvalue weighted by molar-refractivity contribution is 6.58. The highest BCUT2D eigenvalue weighted by Crippen LogP contribution is 2.07. The minimum absolute atomic E-state index is 0.148. The monoisotopic (exact) mass is 226 g/mol. The van der Waals surface area contributed by atoms with E-state index in [9.17, 15) is 4.39 Å². The molecule has 0 bridgehead atoms. The van der Waals surface area contributed by atoms with Crippen molar-refractivity contribution in [2.75, 3.05) is 6.61 Å². The first-order valence-electron chi connectivity index (χ1n) is 5.37. The van der Waals surface area contributed by atoms with E-state index >= 15 is 0 Å². The van der Waals surface area contributed by atoms with Crippen molar-refractivity contribution >= 4 is 12.6 Å². The average Bonchev–Trinajstić information content (AvgIpc) is 2.26. The van der Waals surface area contributed by atoms with Crippen LogP contribution in [0.3, 0.4) is 0 Å². The Kier molecular flexibility index (Phi) is 5.45. The fourth-order valence-corrected chi connectivity index (χ4v) is 1.27. The van der Waals surface area contributed by atoms with E-state index in [0.717, 1.165) is 18.9 Å². The number of halogens is 1. The van der Waals surface area contributed by atoms with Gasteiger partial charge in [-0.05, 0) is 17.9 Å². The van der Waals surface area contributed by atoms with Crippen molar-refractivity contribution in [2.45, 2.75) is 26.4 Å². The Hall–Kier alpha value is -0.905. The van der Waals surface area contributed by atoms with E-state index in [1.165, 1.54) is 12.1 Å². The normalized spacial score (nSPS) is 10.5. The lowest BCUT2D eigenvalue weighted by Crippen LogP contribution is -2.30. The van der Waals surface area contributed by atoms with Crippen LogP contribution in [0.2, 0.25) is 0 Å². The smallest absolute Gasteiger partial charge is 0.423 e. The van der Waals surface area contributed by atoms with E-state index in [1.807, 2.05) is 0 Å². The standard InChI is InChI=1S/C11H16BFO3/c1-2-3-6-16-8-9-4-5-10(12(14)15)7-11(9)13/h4-5,7,14-15H,2-3,6,8H2,1H3. The third-order valence-electron chi connectivity index (χ3n) is 2.28. The molecular formula is C11H16BFO3. The lowest BCUT2D eigenvalue weighted by atomic mass is 9.80. The first kappa shape index (κ1) is 13.2. The molecule has 1 aromatic rings. The average molecular weight is 226 g/mol. The zero-order valence-electron chi connectivity index (χ0n) is 9.32. The molecule has 0 aliphatic carbocycles. The number of ether oxygens (including phenoxy) is 1. The quantitative estimate of drug-likeness (QED) is 0.557. The van der Waals surface area contributed by atoms with E-state index in [0.29, 0.717) is 12.2 Å². The van der Waals surface area contributed by atoms with Gasteiger partial charge in [0, 0.05) is 12.2 Å². The van der Waals surface area contributed by atoms with Crippen LogP contribution in [0.25, 0.3) is 0 Å². The molecule has 0 spiro atoms. The number of hydrogen-bond donors (Lipinski definition) is 2. The predicted octanol–water partition coefficient (Wildman–Crippen LogP) is 0.822. The molecular weight excluding hydrogens is 210 g/mol. The van der Waals surface area contributed by atoms with Gasteiger partial charge in [0.2, 0.25) is 0 Å². The van der Waals surface area contributed by atoms with Crippen molar-refractivity contribution in [1.29, 1.82) is 0 Å². The summed E-state index contributed by atoms with van der Waals surface area (Å²) in [4.78, 5) is 0. The summed E-state index contributed by atoms with van der Waals surface area (Å²) in [5.41, 5.74) is 0.579. The van der Waals surface area contributed by atoms with Crippen molar-refractivity contribution < 1.29 is 19.2 Å². The van der Waals surface area contributed by atoms with E-state index in [2.05, 4.69) is 6.92 Å². The van der Waals surface area contributed by atoms with Gasteiger partial charge in [-0.2, -0.15) is 0 Å². The van der Waals surface area contributed by atoms with Crippen LogP contribution in [-0.4, -0.2) is 23.8 Å². The molecule has 0 aromatic heterocycles. The van der Waals surface area contributed by atoms with Crippen LogP contribution in [0.15, 0.2) is 18.2 Å². The summed E-state index contributed by atoms with van der Waals surface area (Å²) in [5, 5.41) is 17.7. The summed E-state index contributed by atoms with van der Waals surface area (Å²) in [6.07, 6.45) is 1.99. The second-order valence-electron chi connectivity index (χ2n) is 3.63. The fourth-order valence-electron chi connectivity index (χ4n) is 1.27. The Labute approximate surface area is 95.0 Å². The molecule has 0 radical (unpaired) electrons. The lowest BCUT2D eigenvalue weighted by Gasteiger charge is -2.06. The molecule has 1 aromatic carbocycles. The van der Waals surface area contributed by atoms with Gasteiger partial charge in [0.05, 0.1) is 6.61 Å². The van der Waals surface area contributed by atoms with Crippen molar-refractivity contribution in [3.8, 4) is 0 Å². The van der Waals surface area contributed by atoms with Crippen LogP contribution in [-0.2, 0) is 11.3 Å². The highest BCUT2D eigenvalue weighted by atomic mass is 19.1. The van der Waals surface area contributed by atoms with Crippen LogP contribution in [0.5, 0.6) is 0 Å². The maximum atomic E-state index is 13.4. The summed E-state index contributed by atoms with van der Waals surface area (Å²) in [6.45, 7) is 2.88. The number of hydrogen-bond acceptors (Lipinski definition) is 3. The molecule has 0 atom stereocenters. The maximum Gasteiger partial charge on any atom is 0.488 e. The molecule has 88 valence electrons. The molecule has 0 unspecified atom stereocenters. The molecule has 0 saturated heterocycles. The van der Waals surface area contributed by atoms with Gasteiger partial charge in [0.15, 0.2) is 0 Å². The molecule has 2 N–H and O–H groups in total. The van der Waals surface area contributed by atoms with E-state index in [1.54, 1.807) is 0 Å². The second kappa shape index (κ2) is 6.63. The Bertz CT molecular complexity index is 331. The SMILES string of the molecule is CCCCOCc1ccc(B(O)O)cc1F. The maximum absolute atomic E-state index is 13.4. The number of unbranched alkanes of at least 4 members (excludes halogenated alkanes) is 1. The second-order valence-corrected chi connectivity index (χ2v) is 3.63. The molecule has 3 nitrogen and oxygen atoms in total. The van der Waals surface area contributed by atoms with Gasteiger partial charge < -0.3 is 14.8 Å². The molecule has 5 heteroatoms. The first-order valence-corrected chi connectivity index (χ1v) is 5.37. The Morgan fingerprint density at radius 3 is 2.69 bits per heavy atom. The minimum Gasteiger partial charge on any atom is -0.423 e. The molecule has 0 saturated carbocycles. The Morgan fingerprint density at radius 2 is 2.12 bits per heavy atom. The Morgan fingerprint density at radius 1 is 1.38 bits per heavy atom. The van der Waals surface area contributed by atoms with E-state index in [4.69, 9.17) is 14.8 Å². The molecule has 0 aliphatic rings. The van der Waals surface area contributed by atoms with Crippen molar-refractivity contribution in [3.05, 3.63) is 29.6 Å². The van der Waals surface area contributed by atoms with Gasteiger partial charge in [-0.15, -0.1) is 0 Å². The van der Waals surface area contributed by atoms with Gasteiger partial charge in [-0.25, -0.2) is 4.39 Å². The van der Waals surface area contributed by atoms with Crippen molar-refractivity contribution in [1.82, 2.24) is 0 Å². The van der Waals surface area contributed by atoms with E-state index < -0.39 is 12.9 Å². The van der Waals surface area contributed by atoms with E-state index in [-0.39, 0.29) is 12.1 Å². The van der Waals surface area contributed by atoms with Crippen molar-refractivity contribution in [2.24, 2.45) is 0 Å². The third kappa shape index (κ3) is 3.92. The van der Waals surface area contributed by atoms with Gasteiger partial charge in [-0.1, -0.05) is 25.5 Å². The number of rotatable bonds is 6. The molecule has 16 heavy (non-hydrogen) atoms. The summed E-state index contributed by atoms with van der Waals surface area (Å²) < 4.78 is 18.7. The molecule has 0 heterocycles. The summed E-state index contributed by atoms with van der Waals surface area (Å²) >= 11 is 0. The van der Waals surface area contributed by atoms with Gasteiger partial charge in [0.25, 0.3) is 0 Å². The van der Waals surface area contributed by atoms with Crippen LogP contribution in [0, 0.1) is 5.82 Å². The summed E-state index contributed by atoms with van der Waals surface area (Å²) in [5.74, 6) is -0.470. The van der Waals surface area contributed by atoms with Gasteiger partial charge in [0.1, 0.15) is 5.82 Å². The largest absolute Gasteiger partial charge is 0.488 e. The minimum atomic E-state index is -1.63. The molecule has 0 amide bonds. The highest BCUT2D eigenvalue weighted by Gasteiger charge is 2.13. The lowest BCUT2D eigenvalue weighted by molar-refractivity contribution is 0.116. The molecule has 1 rings (SSSR count). The molecule has 0 fully saturated rings. The van der Waals surface area contributed by atoms with Gasteiger partial charge >= 0.3 is 7.12 Å². The first-order chi connectivity index (χ1) is 7.65. The topological polar surface area (TPSA) is 49.7 Å². The number of benzene rings is 1. The van der Waals surface area contributed by atoms with Crippen LogP contribution in [0.1, 0.15) is 25.3 Å². The van der Waals surface area contributed by atoms with Crippen LogP contribution in [0.4, 0.5) is 4.39 Å².